The van der Waals surface area contributed by atoms with Crippen LogP contribution < -0.4 is 10.1 Å². The molecule has 0 radical (unpaired) electrons. The van der Waals surface area contributed by atoms with Crippen LogP contribution in [-0.4, -0.2) is 18.4 Å². The van der Waals surface area contributed by atoms with Crippen LogP contribution in [-0.2, 0) is 20.9 Å². The highest BCUT2D eigenvalue weighted by atomic mass is 16.5. The number of nitrogens with one attached hydrogen (secondary N) is 1. The van der Waals surface area contributed by atoms with Crippen LogP contribution >= 0.6 is 0 Å². The van der Waals surface area contributed by atoms with Crippen molar-refractivity contribution in [2.75, 3.05) is 6.61 Å². The first-order chi connectivity index (χ1) is 16.1. The maximum atomic E-state index is 13.2. The fourth-order valence-corrected chi connectivity index (χ4v) is 4.54. The van der Waals surface area contributed by atoms with Gasteiger partial charge in [0.05, 0.1) is 18.1 Å². The SMILES string of the molecule is CCCCOC(=O)C1=C(C)NC2=C(C(=O)CCC2)C1c1ccccc1OCc1ccccc1. The van der Waals surface area contributed by atoms with E-state index in [1.807, 2.05) is 61.5 Å². The van der Waals surface area contributed by atoms with Crippen LogP contribution in [0.25, 0.3) is 0 Å². The molecule has 172 valence electrons. The number of allylic oxidation sites excluding steroid dienone is 3. The summed E-state index contributed by atoms with van der Waals surface area (Å²) in [7, 11) is 0. The van der Waals surface area contributed by atoms with Gasteiger partial charge in [0.1, 0.15) is 12.4 Å². The highest BCUT2D eigenvalue weighted by molar-refractivity contribution is 6.04. The van der Waals surface area contributed by atoms with Gasteiger partial charge in [-0.3, -0.25) is 4.79 Å². The number of Topliss-reactive ketones (excluding diaryl/α,β-unsaturated/α-hetero) is 1. The van der Waals surface area contributed by atoms with Gasteiger partial charge in [-0.1, -0.05) is 61.9 Å². The van der Waals surface area contributed by atoms with Gasteiger partial charge in [-0.15, -0.1) is 0 Å². The molecule has 1 atom stereocenters. The number of unbranched alkanes of at least 4 members (excludes halogenated alkanes) is 1. The Morgan fingerprint density at radius 1 is 1.06 bits per heavy atom. The zero-order chi connectivity index (χ0) is 23.2. The molecule has 5 nitrogen and oxygen atoms in total. The number of benzene rings is 2. The Hall–Kier alpha value is -3.34. The van der Waals surface area contributed by atoms with Crippen LogP contribution in [0, 0.1) is 0 Å². The monoisotopic (exact) mass is 445 g/mol. The zero-order valence-corrected chi connectivity index (χ0v) is 19.4. The van der Waals surface area contributed by atoms with Gasteiger partial charge in [-0.25, -0.2) is 4.79 Å². The molecule has 0 bridgehead atoms. The molecule has 1 aliphatic heterocycles. The summed E-state index contributed by atoms with van der Waals surface area (Å²) in [5.74, 6) is -0.125. The summed E-state index contributed by atoms with van der Waals surface area (Å²) in [6, 6.07) is 17.7. The predicted molar refractivity (Wildman–Crippen MR) is 128 cm³/mol. The lowest BCUT2D eigenvalue weighted by molar-refractivity contribution is -0.139. The highest BCUT2D eigenvalue weighted by Gasteiger charge is 2.40. The van der Waals surface area contributed by atoms with Gasteiger partial charge in [-0.2, -0.15) is 0 Å². The van der Waals surface area contributed by atoms with E-state index in [4.69, 9.17) is 9.47 Å². The second-order valence-electron chi connectivity index (χ2n) is 8.57. The largest absolute Gasteiger partial charge is 0.489 e. The average Bonchev–Trinajstić information content (AvgIpc) is 2.83. The van der Waals surface area contributed by atoms with Gasteiger partial charge in [0.25, 0.3) is 0 Å². The molecule has 1 N–H and O–H groups in total. The first-order valence-corrected chi connectivity index (χ1v) is 11.8. The van der Waals surface area contributed by atoms with Crippen LogP contribution in [0.4, 0.5) is 0 Å². The van der Waals surface area contributed by atoms with Gasteiger partial charge in [0.15, 0.2) is 5.78 Å². The van der Waals surface area contributed by atoms with Crippen molar-refractivity contribution in [1.82, 2.24) is 5.32 Å². The maximum absolute atomic E-state index is 13.2. The molecule has 0 spiro atoms. The highest BCUT2D eigenvalue weighted by Crippen LogP contribution is 2.45. The minimum absolute atomic E-state index is 0.0815. The maximum Gasteiger partial charge on any atom is 0.336 e. The number of ether oxygens (including phenoxy) is 2. The number of hydrogen-bond acceptors (Lipinski definition) is 5. The van der Waals surface area contributed by atoms with E-state index >= 15 is 0 Å². The molecule has 1 unspecified atom stereocenters. The van der Waals surface area contributed by atoms with E-state index in [0.717, 1.165) is 48.2 Å². The molecule has 2 aromatic rings. The van der Waals surface area contributed by atoms with Crippen molar-refractivity contribution in [3.05, 3.63) is 88.3 Å². The summed E-state index contributed by atoms with van der Waals surface area (Å²) in [6.07, 6.45) is 3.84. The molecule has 2 aromatic carbocycles. The van der Waals surface area contributed by atoms with Crippen LogP contribution in [0.2, 0.25) is 0 Å². The summed E-state index contributed by atoms with van der Waals surface area (Å²) < 4.78 is 11.8. The first kappa shape index (κ1) is 22.8. The smallest absolute Gasteiger partial charge is 0.336 e. The summed E-state index contributed by atoms with van der Waals surface area (Å²) in [6.45, 7) is 4.72. The third-order valence-corrected chi connectivity index (χ3v) is 6.19. The van der Waals surface area contributed by atoms with Crippen molar-refractivity contribution in [2.24, 2.45) is 0 Å². The molecule has 5 heteroatoms. The average molecular weight is 446 g/mol. The number of carbonyl (C=O) groups excluding carboxylic acids is 2. The van der Waals surface area contributed by atoms with Gasteiger partial charge in [0, 0.05) is 29.0 Å². The summed E-state index contributed by atoms with van der Waals surface area (Å²) >= 11 is 0. The minimum atomic E-state index is -0.504. The molecule has 33 heavy (non-hydrogen) atoms. The van der Waals surface area contributed by atoms with E-state index in [0.29, 0.717) is 36.5 Å². The predicted octanol–water partition coefficient (Wildman–Crippen LogP) is 5.58. The molecule has 0 aromatic heterocycles. The normalized spacial score (nSPS) is 18.0. The van der Waals surface area contributed by atoms with E-state index < -0.39 is 5.92 Å². The Balaban J connectivity index is 1.74. The molecule has 0 amide bonds. The lowest BCUT2D eigenvalue weighted by Gasteiger charge is -2.34. The summed E-state index contributed by atoms with van der Waals surface area (Å²) in [4.78, 5) is 26.4. The second kappa shape index (κ2) is 10.5. The molecule has 0 fully saturated rings. The number of hydrogen-bond donors (Lipinski definition) is 1. The molecule has 1 heterocycles. The minimum Gasteiger partial charge on any atom is -0.489 e. The Bertz CT molecular complexity index is 1080. The molecule has 4 rings (SSSR count). The molecule has 1 aliphatic carbocycles. The van der Waals surface area contributed by atoms with E-state index in [-0.39, 0.29) is 11.8 Å². The lowest BCUT2D eigenvalue weighted by Crippen LogP contribution is -2.34. The number of para-hydroxylation sites is 1. The Morgan fingerprint density at radius 3 is 2.61 bits per heavy atom. The Kier molecular flexibility index (Phi) is 7.28. The molecular weight excluding hydrogens is 414 g/mol. The topological polar surface area (TPSA) is 64.6 Å². The molecule has 2 aliphatic rings. The quantitative estimate of drug-likeness (QED) is 0.425. The van der Waals surface area contributed by atoms with Gasteiger partial charge in [-0.05, 0) is 37.8 Å². The first-order valence-electron chi connectivity index (χ1n) is 11.8. The number of dihydropyridines is 1. The summed E-state index contributed by atoms with van der Waals surface area (Å²) in [5.41, 5.74) is 4.70. The van der Waals surface area contributed by atoms with E-state index in [1.165, 1.54) is 0 Å². The van der Waals surface area contributed by atoms with Crippen molar-refractivity contribution >= 4 is 11.8 Å². The standard InChI is InChI=1S/C28H31NO4/c1-3-4-17-32-28(31)25-19(2)29-22-14-10-15-23(30)27(22)26(25)21-13-8-9-16-24(21)33-18-20-11-6-5-7-12-20/h5-9,11-13,16,26,29H,3-4,10,14-15,17-18H2,1-2H3. The number of carbonyl (C=O) groups is 2. The third-order valence-electron chi connectivity index (χ3n) is 6.19. The van der Waals surface area contributed by atoms with Crippen LogP contribution in [0.1, 0.15) is 63.0 Å². The van der Waals surface area contributed by atoms with Crippen LogP contribution in [0.15, 0.2) is 77.1 Å². The second-order valence-corrected chi connectivity index (χ2v) is 8.57. The van der Waals surface area contributed by atoms with Crippen LogP contribution in [0.5, 0.6) is 5.75 Å². The van der Waals surface area contributed by atoms with Crippen molar-refractivity contribution in [3.63, 3.8) is 0 Å². The van der Waals surface area contributed by atoms with E-state index in [2.05, 4.69) is 12.2 Å². The van der Waals surface area contributed by atoms with Gasteiger partial charge < -0.3 is 14.8 Å². The van der Waals surface area contributed by atoms with Crippen molar-refractivity contribution < 1.29 is 19.1 Å². The number of esters is 1. The van der Waals surface area contributed by atoms with Gasteiger partial charge >= 0.3 is 5.97 Å². The zero-order valence-electron chi connectivity index (χ0n) is 19.4. The fraction of sp³-hybridized carbons (Fsp3) is 0.357. The fourth-order valence-electron chi connectivity index (χ4n) is 4.54. The Labute approximate surface area is 195 Å². The van der Waals surface area contributed by atoms with Crippen LogP contribution in [0.3, 0.4) is 0 Å². The Morgan fingerprint density at radius 2 is 1.82 bits per heavy atom. The van der Waals surface area contributed by atoms with Crippen molar-refractivity contribution in [2.45, 2.75) is 58.5 Å². The van der Waals surface area contributed by atoms with Crippen molar-refractivity contribution in [3.8, 4) is 5.75 Å². The third kappa shape index (κ3) is 5.03. The molecular formula is C28H31NO4. The molecule has 0 saturated carbocycles. The summed E-state index contributed by atoms with van der Waals surface area (Å²) in [5, 5.41) is 3.34. The van der Waals surface area contributed by atoms with E-state index in [9.17, 15) is 9.59 Å². The number of rotatable bonds is 8. The van der Waals surface area contributed by atoms with E-state index in [1.54, 1.807) is 0 Å². The number of ketones is 1. The van der Waals surface area contributed by atoms with Crippen molar-refractivity contribution in [1.29, 1.82) is 0 Å². The lowest BCUT2D eigenvalue weighted by atomic mass is 9.75. The van der Waals surface area contributed by atoms with Gasteiger partial charge in [0.2, 0.25) is 0 Å². The molecule has 0 saturated heterocycles.